The Morgan fingerprint density at radius 1 is 1.29 bits per heavy atom. The van der Waals surface area contributed by atoms with Crippen LogP contribution in [0.2, 0.25) is 0 Å². The molecule has 0 bridgehead atoms. The lowest BCUT2D eigenvalue weighted by atomic mass is 10.2. The molecular formula is C15H16FN3O2. The topological polar surface area (TPSA) is 73.2 Å². The van der Waals surface area contributed by atoms with Crippen molar-refractivity contribution < 1.29 is 13.9 Å². The molecule has 0 atom stereocenters. The maximum atomic E-state index is 12.9. The van der Waals surface area contributed by atoms with Crippen molar-refractivity contribution in [3.05, 3.63) is 47.4 Å². The molecule has 0 amide bonds. The third kappa shape index (κ3) is 3.52. The van der Waals surface area contributed by atoms with Crippen molar-refractivity contribution >= 4 is 5.69 Å². The van der Waals surface area contributed by atoms with Crippen molar-refractivity contribution in [1.29, 1.82) is 5.26 Å². The predicted octanol–water partition coefficient (Wildman–Crippen LogP) is 2.15. The van der Waals surface area contributed by atoms with E-state index < -0.39 is 0 Å². The lowest BCUT2D eigenvalue weighted by Gasteiger charge is -2.12. The van der Waals surface area contributed by atoms with Crippen LogP contribution < -0.4 is 10.5 Å². The summed E-state index contributed by atoms with van der Waals surface area (Å²) in [4.78, 5) is 0. The summed E-state index contributed by atoms with van der Waals surface area (Å²) >= 11 is 0. The first-order valence-electron chi connectivity index (χ1n) is 6.41. The van der Waals surface area contributed by atoms with Crippen LogP contribution in [-0.4, -0.2) is 24.9 Å². The van der Waals surface area contributed by atoms with E-state index in [0.29, 0.717) is 37.0 Å². The van der Waals surface area contributed by atoms with Crippen LogP contribution >= 0.6 is 0 Å². The van der Waals surface area contributed by atoms with E-state index >= 15 is 0 Å². The summed E-state index contributed by atoms with van der Waals surface area (Å²) in [5.41, 5.74) is 7.51. The third-order valence-corrected chi connectivity index (χ3v) is 2.97. The number of rotatable bonds is 6. The maximum Gasteiger partial charge on any atom is 0.218 e. The SMILES string of the molecule is COCCOc1c(N)cc(C#N)n1Cc1ccc(F)cc1. The number of nitrogens with zero attached hydrogens (tertiary/aromatic N) is 2. The molecule has 0 spiro atoms. The largest absolute Gasteiger partial charge is 0.475 e. The van der Waals surface area contributed by atoms with Gasteiger partial charge in [-0.2, -0.15) is 5.26 Å². The van der Waals surface area contributed by atoms with Crippen molar-refractivity contribution in [3.8, 4) is 11.9 Å². The number of hydrogen-bond acceptors (Lipinski definition) is 4. The van der Waals surface area contributed by atoms with Crippen LogP contribution in [-0.2, 0) is 11.3 Å². The lowest BCUT2D eigenvalue weighted by molar-refractivity contribution is 0.142. The zero-order valence-corrected chi connectivity index (χ0v) is 11.7. The van der Waals surface area contributed by atoms with Gasteiger partial charge in [-0.1, -0.05) is 12.1 Å². The van der Waals surface area contributed by atoms with Crippen LogP contribution in [0.5, 0.6) is 5.88 Å². The zero-order valence-electron chi connectivity index (χ0n) is 11.7. The minimum Gasteiger partial charge on any atom is -0.475 e. The van der Waals surface area contributed by atoms with Crippen LogP contribution in [0.15, 0.2) is 30.3 Å². The maximum absolute atomic E-state index is 12.9. The first-order valence-corrected chi connectivity index (χ1v) is 6.41. The fourth-order valence-electron chi connectivity index (χ4n) is 1.96. The van der Waals surface area contributed by atoms with Crippen molar-refractivity contribution in [2.24, 2.45) is 0 Å². The van der Waals surface area contributed by atoms with Gasteiger partial charge in [-0.25, -0.2) is 4.39 Å². The monoisotopic (exact) mass is 289 g/mol. The molecule has 5 nitrogen and oxygen atoms in total. The van der Waals surface area contributed by atoms with Gasteiger partial charge in [-0.05, 0) is 17.7 Å². The van der Waals surface area contributed by atoms with E-state index in [1.54, 1.807) is 29.9 Å². The van der Waals surface area contributed by atoms with Crippen molar-refractivity contribution in [2.75, 3.05) is 26.1 Å². The summed E-state index contributed by atoms with van der Waals surface area (Å²) in [6.45, 7) is 1.13. The molecule has 0 unspecified atom stereocenters. The van der Waals surface area contributed by atoms with Gasteiger partial charge in [0.05, 0.1) is 18.8 Å². The van der Waals surface area contributed by atoms with Crippen molar-refractivity contribution in [3.63, 3.8) is 0 Å². The molecular weight excluding hydrogens is 273 g/mol. The van der Waals surface area contributed by atoms with Crippen LogP contribution in [0.25, 0.3) is 0 Å². The van der Waals surface area contributed by atoms with Crippen molar-refractivity contribution in [2.45, 2.75) is 6.54 Å². The number of nitrogen functional groups attached to an aromatic ring is 1. The minimum absolute atomic E-state index is 0.303. The molecule has 1 aromatic heterocycles. The Morgan fingerprint density at radius 2 is 2.00 bits per heavy atom. The molecule has 6 heteroatoms. The Kier molecular flexibility index (Phi) is 4.80. The van der Waals surface area contributed by atoms with E-state index in [4.69, 9.17) is 15.2 Å². The van der Waals surface area contributed by atoms with Gasteiger partial charge in [-0.15, -0.1) is 0 Å². The molecule has 0 radical (unpaired) electrons. The first-order chi connectivity index (χ1) is 10.2. The molecule has 2 N–H and O–H groups in total. The molecule has 0 aliphatic rings. The summed E-state index contributed by atoms with van der Waals surface area (Å²) in [5.74, 6) is 0.121. The quantitative estimate of drug-likeness (QED) is 0.827. The number of hydrogen-bond donors (Lipinski definition) is 1. The van der Waals surface area contributed by atoms with E-state index in [0.717, 1.165) is 5.56 Å². The van der Waals surface area contributed by atoms with Gasteiger partial charge in [-0.3, -0.25) is 4.57 Å². The number of halogens is 1. The summed E-state index contributed by atoms with van der Waals surface area (Å²) in [5, 5.41) is 9.18. The molecule has 0 saturated carbocycles. The van der Waals surface area contributed by atoms with E-state index in [1.807, 2.05) is 0 Å². The Labute approximate surface area is 122 Å². The third-order valence-electron chi connectivity index (χ3n) is 2.97. The second kappa shape index (κ2) is 6.77. The summed E-state index contributed by atoms with van der Waals surface area (Å²) in [7, 11) is 1.57. The Balaban J connectivity index is 2.27. The Bertz CT molecular complexity index is 644. The van der Waals surface area contributed by atoms with Crippen LogP contribution in [0.4, 0.5) is 10.1 Å². The van der Waals surface area contributed by atoms with Gasteiger partial charge in [0.1, 0.15) is 24.2 Å². The number of methoxy groups -OCH3 is 1. The van der Waals surface area contributed by atoms with E-state index in [9.17, 15) is 9.65 Å². The van der Waals surface area contributed by atoms with E-state index in [-0.39, 0.29) is 5.82 Å². The number of anilines is 1. The fourth-order valence-corrected chi connectivity index (χ4v) is 1.96. The standard InChI is InChI=1S/C15H16FN3O2/c1-20-6-7-21-15-14(18)8-13(9-17)19(15)10-11-2-4-12(16)5-3-11/h2-5,8H,6-7,10,18H2,1H3. The second-order valence-electron chi connectivity index (χ2n) is 4.46. The Hall–Kier alpha value is -2.52. The average Bonchev–Trinajstić information content (AvgIpc) is 2.78. The molecule has 1 heterocycles. The minimum atomic E-state index is -0.303. The van der Waals surface area contributed by atoms with Crippen LogP contribution in [0.3, 0.4) is 0 Å². The summed E-state index contributed by atoms with van der Waals surface area (Å²) in [6.07, 6.45) is 0. The molecule has 1 aromatic carbocycles. The normalized spacial score (nSPS) is 10.3. The molecule has 110 valence electrons. The Morgan fingerprint density at radius 3 is 2.62 bits per heavy atom. The van der Waals surface area contributed by atoms with E-state index in [1.165, 1.54) is 12.1 Å². The molecule has 0 fully saturated rings. The van der Waals surface area contributed by atoms with Gasteiger partial charge < -0.3 is 15.2 Å². The number of benzene rings is 1. The highest BCUT2D eigenvalue weighted by Crippen LogP contribution is 2.27. The highest BCUT2D eigenvalue weighted by Gasteiger charge is 2.15. The number of nitrogens with two attached hydrogens (primary N) is 1. The molecule has 2 rings (SSSR count). The summed E-state index contributed by atoms with van der Waals surface area (Å²) in [6, 6.07) is 9.70. The van der Waals surface area contributed by atoms with E-state index in [2.05, 4.69) is 6.07 Å². The first kappa shape index (κ1) is 14.9. The molecule has 2 aromatic rings. The van der Waals surface area contributed by atoms with Crippen molar-refractivity contribution in [1.82, 2.24) is 4.57 Å². The highest BCUT2D eigenvalue weighted by molar-refractivity contribution is 5.55. The van der Waals surface area contributed by atoms with Gasteiger partial charge >= 0.3 is 0 Å². The molecule has 21 heavy (non-hydrogen) atoms. The zero-order chi connectivity index (χ0) is 15.2. The van der Waals surface area contributed by atoms with Gasteiger partial charge in [0, 0.05) is 13.2 Å². The molecule has 0 saturated heterocycles. The fraction of sp³-hybridized carbons (Fsp3) is 0.267. The molecule has 0 aliphatic heterocycles. The number of ether oxygens (including phenoxy) is 2. The van der Waals surface area contributed by atoms with Crippen LogP contribution in [0, 0.1) is 17.1 Å². The van der Waals surface area contributed by atoms with Gasteiger partial charge in [0.25, 0.3) is 0 Å². The number of nitriles is 1. The highest BCUT2D eigenvalue weighted by atomic mass is 19.1. The predicted molar refractivity (Wildman–Crippen MR) is 76.4 cm³/mol. The molecule has 0 aliphatic carbocycles. The van der Waals surface area contributed by atoms with Gasteiger partial charge in [0.2, 0.25) is 5.88 Å². The smallest absolute Gasteiger partial charge is 0.218 e. The second-order valence-corrected chi connectivity index (χ2v) is 4.46. The lowest BCUT2D eigenvalue weighted by Crippen LogP contribution is -2.11. The van der Waals surface area contributed by atoms with Crippen LogP contribution in [0.1, 0.15) is 11.3 Å². The number of aromatic nitrogens is 1. The van der Waals surface area contributed by atoms with Gasteiger partial charge in [0.15, 0.2) is 0 Å². The average molecular weight is 289 g/mol. The summed E-state index contributed by atoms with van der Waals surface area (Å²) < 4.78 is 25.1.